The number of carbonyl (C=O) groups excluding carboxylic acids is 1. The van der Waals surface area contributed by atoms with E-state index in [1.54, 1.807) is 0 Å². The number of nitrogens with one attached hydrogen (secondary N) is 1. The first kappa shape index (κ1) is 16.0. The van der Waals surface area contributed by atoms with E-state index in [1.165, 1.54) is 19.2 Å². The molecule has 0 aromatic heterocycles. The largest absolute Gasteiger partial charge is 0.469 e. The van der Waals surface area contributed by atoms with Crippen LogP contribution in [0.1, 0.15) is 6.42 Å². The van der Waals surface area contributed by atoms with Crippen molar-refractivity contribution in [3.8, 4) is 0 Å². The topological polar surface area (TPSA) is 98.5 Å². The Morgan fingerprint density at radius 2 is 2.05 bits per heavy atom. The Morgan fingerprint density at radius 3 is 2.63 bits per heavy atom. The van der Waals surface area contributed by atoms with Crippen molar-refractivity contribution in [2.75, 3.05) is 19.4 Å². The van der Waals surface area contributed by atoms with E-state index in [4.69, 9.17) is 28.9 Å². The highest BCUT2D eigenvalue weighted by Gasteiger charge is 2.20. The van der Waals surface area contributed by atoms with Crippen LogP contribution in [0.4, 0.5) is 5.69 Å². The molecule has 0 heterocycles. The van der Waals surface area contributed by atoms with Crippen molar-refractivity contribution in [3.05, 3.63) is 22.2 Å². The summed E-state index contributed by atoms with van der Waals surface area (Å²) in [6.45, 7) is -0.103. The average Bonchev–Trinajstić information content (AvgIpc) is 2.35. The normalized spacial score (nSPS) is 11.3. The summed E-state index contributed by atoms with van der Waals surface area (Å²) in [5.41, 5.74) is 5.53. The molecule has 6 nitrogen and oxygen atoms in total. The molecule has 0 aliphatic rings. The van der Waals surface area contributed by atoms with E-state index >= 15 is 0 Å². The fraction of sp³-hybridized carbons (Fsp3) is 0.300. The predicted octanol–water partition coefficient (Wildman–Crippen LogP) is 1.42. The maximum atomic E-state index is 11.9. The van der Waals surface area contributed by atoms with Gasteiger partial charge in [0, 0.05) is 6.54 Å². The molecule has 1 aromatic carbocycles. The first-order valence-corrected chi connectivity index (χ1v) is 7.33. The molecule has 0 saturated heterocycles. The first-order chi connectivity index (χ1) is 8.79. The summed E-state index contributed by atoms with van der Waals surface area (Å²) in [7, 11) is -2.65. The Hall–Kier alpha value is -1.02. The standard InChI is InChI=1S/C10H12Cl2N2O4S/c1-18-8(15)4-5-14-19(16,17)7-3-2-6(11)10(13)9(7)12/h2-3,14H,4-5,13H2,1H3. The Kier molecular flexibility index (Phi) is 5.42. The van der Waals surface area contributed by atoms with Crippen LogP contribution in [-0.4, -0.2) is 28.0 Å². The minimum absolute atomic E-state index is 0.0147. The number of methoxy groups -OCH3 is 1. The van der Waals surface area contributed by atoms with Crippen molar-refractivity contribution in [2.45, 2.75) is 11.3 Å². The zero-order valence-corrected chi connectivity index (χ0v) is 12.3. The zero-order chi connectivity index (χ0) is 14.6. The molecule has 106 valence electrons. The number of benzene rings is 1. The van der Waals surface area contributed by atoms with Crippen molar-refractivity contribution in [2.24, 2.45) is 0 Å². The lowest BCUT2D eigenvalue weighted by molar-refractivity contribution is -0.140. The molecule has 0 amide bonds. The van der Waals surface area contributed by atoms with Crippen LogP contribution in [0, 0.1) is 0 Å². The molecule has 0 fully saturated rings. The third kappa shape index (κ3) is 3.97. The van der Waals surface area contributed by atoms with Gasteiger partial charge in [-0.1, -0.05) is 23.2 Å². The molecule has 0 unspecified atom stereocenters. The molecule has 0 atom stereocenters. The van der Waals surface area contributed by atoms with Crippen molar-refractivity contribution in [1.29, 1.82) is 0 Å². The predicted molar refractivity (Wildman–Crippen MR) is 72.7 cm³/mol. The van der Waals surface area contributed by atoms with E-state index in [-0.39, 0.29) is 33.6 Å². The number of carbonyl (C=O) groups is 1. The first-order valence-electron chi connectivity index (χ1n) is 5.09. The smallest absolute Gasteiger partial charge is 0.306 e. The van der Waals surface area contributed by atoms with Gasteiger partial charge in [-0.05, 0) is 12.1 Å². The summed E-state index contributed by atoms with van der Waals surface area (Å²) in [6.07, 6.45) is -0.0869. The van der Waals surface area contributed by atoms with E-state index in [0.29, 0.717) is 0 Å². The van der Waals surface area contributed by atoms with Crippen molar-refractivity contribution < 1.29 is 17.9 Å². The number of rotatable bonds is 5. The number of hydrogen-bond donors (Lipinski definition) is 2. The summed E-state index contributed by atoms with van der Waals surface area (Å²) in [5.74, 6) is -0.524. The van der Waals surface area contributed by atoms with Gasteiger partial charge >= 0.3 is 5.97 Å². The Balaban J connectivity index is 2.90. The molecular weight excluding hydrogens is 315 g/mol. The van der Waals surface area contributed by atoms with Crippen LogP contribution < -0.4 is 10.5 Å². The zero-order valence-electron chi connectivity index (χ0n) is 9.94. The highest BCUT2D eigenvalue weighted by Crippen LogP contribution is 2.32. The van der Waals surface area contributed by atoms with Crippen molar-refractivity contribution >= 4 is 44.9 Å². The summed E-state index contributed by atoms with van der Waals surface area (Å²) >= 11 is 11.5. The number of nitrogen functional groups attached to an aromatic ring is 1. The molecule has 0 bridgehead atoms. The SMILES string of the molecule is COC(=O)CCNS(=O)(=O)c1ccc(Cl)c(N)c1Cl. The maximum absolute atomic E-state index is 11.9. The fourth-order valence-corrected chi connectivity index (χ4v) is 3.02. The number of halogens is 2. The van der Waals surface area contributed by atoms with Gasteiger partial charge in [0.2, 0.25) is 10.0 Å². The Morgan fingerprint density at radius 1 is 1.42 bits per heavy atom. The highest BCUT2D eigenvalue weighted by atomic mass is 35.5. The molecule has 0 aliphatic heterocycles. The van der Waals surface area contributed by atoms with E-state index in [1.807, 2.05) is 0 Å². The summed E-state index contributed by atoms with van der Waals surface area (Å²) in [6, 6.07) is 2.57. The highest BCUT2D eigenvalue weighted by molar-refractivity contribution is 7.89. The van der Waals surface area contributed by atoms with Gasteiger partial charge in [0.25, 0.3) is 0 Å². The number of hydrogen-bond acceptors (Lipinski definition) is 5. The molecule has 9 heteroatoms. The van der Waals surface area contributed by atoms with Gasteiger partial charge in [-0.25, -0.2) is 13.1 Å². The van der Waals surface area contributed by atoms with Crippen LogP contribution in [0.15, 0.2) is 17.0 Å². The van der Waals surface area contributed by atoms with Gasteiger partial charge in [-0.3, -0.25) is 4.79 Å². The van der Waals surface area contributed by atoms with Gasteiger partial charge in [-0.15, -0.1) is 0 Å². The van der Waals surface area contributed by atoms with Crippen molar-refractivity contribution in [1.82, 2.24) is 4.72 Å². The van der Waals surface area contributed by atoms with Gasteiger partial charge in [0.1, 0.15) is 4.90 Å². The molecule has 0 saturated carbocycles. The summed E-state index contributed by atoms with van der Waals surface area (Å²) in [4.78, 5) is 10.7. The lowest BCUT2D eigenvalue weighted by Crippen LogP contribution is -2.27. The number of ether oxygens (including phenoxy) is 1. The third-order valence-corrected chi connectivity index (χ3v) is 4.58. The van der Waals surface area contributed by atoms with Crippen LogP contribution >= 0.6 is 23.2 Å². The van der Waals surface area contributed by atoms with E-state index in [0.717, 1.165) is 0 Å². The molecule has 1 aromatic rings. The van der Waals surface area contributed by atoms with Crippen LogP contribution in [0.2, 0.25) is 10.0 Å². The van der Waals surface area contributed by atoms with Gasteiger partial charge in [-0.2, -0.15) is 0 Å². The van der Waals surface area contributed by atoms with Gasteiger partial charge in [0.15, 0.2) is 0 Å². The second-order valence-corrected chi connectivity index (χ2v) is 6.02. The Labute approximate surface area is 120 Å². The second-order valence-electron chi connectivity index (χ2n) is 3.50. The lowest BCUT2D eigenvalue weighted by Gasteiger charge is -2.10. The summed E-state index contributed by atoms with van der Waals surface area (Å²) in [5, 5.41) is 0.0107. The van der Waals surface area contributed by atoms with Gasteiger partial charge < -0.3 is 10.5 Å². The number of nitrogens with two attached hydrogens (primary N) is 1. The molecule has 0 spiro atoms. The fourth-order valence-electron chi connectivity index (χ4n) is 1.22. The molecule has 0 radical (unpaired) electrons. The number of esters is 1. The minimum atomic E-state index is -3.86. The molecule has 0 aliphatic carbocycles. The minimum Gasteiger partial charge on any atom is -0.469 e. The quantitative estimate of drug-likeness (QED) is 0.629. The van der Waals surface area contributed by atoms with Crippen LogP contribution in [0.5, 0.6) is 0 Å². The van der Waals surface area contributed by atoms with E-state index in [2.05, 4.69) is 9.46 Å². The Bertz CT molecular complexity index is 589. The lowest BCUT2D eigenvalue weighted by atomic mass is 10.3. The number of anilines is 1. The maximum Gasteiger partial charge on any atom is 0.306 e. The number of sulfonamides is 1. The molecular formula is C10H12Cl2N2O4S. The van der Waals surface area contributed by atoms with Crippen molar-refractivity contribution in [3.63, 3.8) is 0 Å². The van der Waals surface area contributed by atoms with E-state index < -0.39 is 16.0 Å². The van der Waals surface area contributed by atoms with Crippen LogP contribution in [-0.2, 0) is 19.6 Å². The third-order valence-electron chi connectivity index (χ3n) is 2.23. The molecule has 19 heavy (non-hydrogen) atoms. The monoisotopic (exact) mass is 326 g/mol. The van der Waals surface area contributed by atoms with Crippen LogP contribution in [0.3, 0.4) is 0 Å². The molecule has 1 rings (SSSR count). The van der Waals surface area contributed by atoms with Gasteiger partial charge in [0.05, 0.1) is 29.3 Å². The second kappa shape index (κ2) is 6.42. The molecule has 3 N–H and O–H groups in total. The van der Waals surface area contributed by atoms with Crippen LogP contribution in [0.25, 0.3) is 0 Å². The average molecular weight is 327 g/mol. The summed E-state index contributed by atoms with van der Waals surface area (Å²) < 4.78 is 30.5. The van der Waals surface area contributed by atoms with E-state index in [9.17, 15) is 13.2 Å².